The minimum Gasteiger partial charge on any atom is -0.449 e. The molecule has 164 valence electrons. The predicted molar refractivity (Wildman–Crippen MR) is 116 cm³/mol. The Balaban J connectivity index is 1.75. The number of benzene rings is 1. The second-order valence-corrected chi connectivity index (χ2v) is 7.30. The van der Waals surface area contributed by atoms with Crippen LogP contribution >= 0.6 is 0 Å². The van der Waals surface area contributed by atoms with Gasteiger partial charge in [0.05, 0.1) is 18.2 Å². The fourth-order valence-electron chi connectivity index (χ4n) is 3.39. The van der Waals surface area contributed by atoms with Crippen molar-refractivity contribution in [2.75, 3.05) is 12.1 Å². The number of amides is 1. The maximum Gasteiger partial charge on any atom is 0.308 e. The Hall–Kier alpha value is -3.85. The smallest absolute Gasteiger partial charge is 0.308 e. The van der Waals surface area contributed by atoms with Crippen LogP contribution in [0, 0.1) is 11.6 Å². The number of carbonyl (C=O) groups excluding carboxylic acids is 1. The third-order valence-electron chi connectivity index (χ3n) is 4.94. The van der Waals surface area contributed by atoms with Crippen LogP contribution in [0.25, 0.3) is 22.7 Å². The van der Waals surface area contributed by atoms with Gasteiger partial charge in [-0.05, 0) is 56.3 Å². The molecule has 0 aliphatic heterocycles. The average Bonchev–Trinajstić information content (AvgIpc) is 3.43. The molecule has 0 fully saturated rings. The number of aromatic nitrogens is 3. The number of hydrogen-bond donors (Lipinski definition) is 1. The molecule has 32 heavy (non-hydrogen) atoms. The van der Waals surface area contributed by atoms with Gasteiger partial charge in [-0.15, -0.1) is 0 Å². The van der Waals surface area contributed by atoms with E-state index in [0.29, 0.717) is 22.7 Å². The molecular weight excluding hydrogens is 416 g/mol. The number of carbonyl (C=O) groups is 1. The lowest BCUT2D eigenvalue weighted by molar-refractivity contribution is 0.0950. The Morgan fingerprint density at radius 3 is 2.53 bits per heavy atom. The first-order chi connectivity index (χ1) is 15.4. The number of halogens is 2. The van der Waals surface area contributed by atoms with Crippen molar-refractivity contribution >= 4 is 11.6 Å². The van der Waals surface area contributed by atoms with Crippen molar-refractivity contribution in [3.8, 4) is 22.7 Å². The van der Waals surface area contributed by atoms with Crippen LogP contribution in [0.15, 0.2) is 65.6 Å². The van der Waals surface area contributed by atoms with Crippen molar-refractivity contribution < 1.29 is 18.0 Å². The summed E-state index contributed by atoms with van der Waals surface area (Å²) in [6, 6.07) is 10.6. The topological polar surface area (TPSA) is 76.2 Å². The molecule has 0 aliphatic carbocycles. The standard InChI is InChI=1S/C23H21F2N5O2/c1-14(2)29-13-28-21(15-4-6-16(24)7-5-15)22(29)19-8-9-20(32-19)23(31)30(26-3)18-10-11-27-12-17(18)25/h4-14,26H,1-3H3. The molecule has 0 spiro atoms. The summed E-state index contributed by atoms with van der Waals surface area (Å²) in [4.78, 5) is 21.2. The van der Waals surface area contributed by atoms with Gasteiger partial charge in [0.15, 0.2) is 17.3 Å². The van der Waals surface area contributed by atoms with Crippen LogP contribution in [0.5, 0.6) is 0 Å². The number of furan rings is 1. The van der Waals surface area contributed by atoms with Crippen molar-refractivity contribution in [2.24, 2.45) is 0 Å². The van der Waals surface area contributed by atoms with E-state index in [1.165, 1.54) is 37.5 Å². The molecule has 0 bridgehead atoms. The summed E-state index contributed by atoms with van der Waals surface area (Å²) in [6.07, 6.45) is 4.09. The lowest BCUT2D eigenvalue weighted by Gasteiger charge is -2.20. The van der Waals surface area contributed by atoms with Crippen molar-refractivity contribution in [1.29, 1.82) is 0 Å². The highest BCUT2D eigenvalue weighted by Crippen LogP contribution is 2.34. The summed E-state index contributed by atoms with van der Waals surface area (Å²) in [7, 11) is 1.50. The molecule has 4 aromatic rings. The Bertz CT molecular complexity index is 1250. The van der Waals surface area contributed by atoms with E-state index in [2.05, 4.69) is 15.4 Å². The molecule has 0 radical (unpaired) electrons. The fraction of sp³-hybridized carbons (Fsp3) is 0.174. The number of nitrogens with one attached hydrogen (secondary N) is 1. The number of anilines is 1. The molecule has 0 aliphatic rings. The van der Waals surface area contributed by atoms with Crippen LogP contribution in [0.3, 0.4) is 0 Å². The molecule has 1 aromatic carbocycles. The molecular formula is C23H21F2N5O2. The van der Waals surface area contributed by atoms with E-state index < -0.39 is 11.7 Å². The van der Waals surface area contributed by atoms with Gasteiger partial charge in [-0.25, -0.2) is 24.2 Å². The molecule has 3 heterocycles. The maximum absolute atomic E-state index is 14.2. The Kier molecular flexibility index (Phi) is 5.83. The van der Waals surface area contributed by atoms with E-state index in [9.17, 15) is 13.6 Å². The van der Waals surface area contributed by atoms with Gasteiger partial charge in [-0.3, -0.25) is 9.78 Å². The molecule has 3 aromatic heterocycles. The van der Waals surface area contributed by atoms with E-state index in [1.807, 2.05) is 18.4 Å². The SMILES string of the molecule is CNN(C(=O)c1ccc(-c2c(-c3ccc(F)cc3)ncn2C(C)C)o1)c1ccncc1F. The summed E-state index contributed by atoms with van der Waals surface area (Å²) < 4.78 is 35.4. The summed E-state index contributed by atoms with van der Waals surface area (Å²) in [5.74, 6) is -1.17. The third kappa shape index (κ3) is 3.90. The zero-order valence-electron chi connectivity index (χ0n) is 17.7. The van der Waals surface area contributed by atoms with Gasteiger partial charge in [0.25, 0.3) is 0 Å². The van der Waals surface area contributed by atoms with Crippen molar-refractivity contribution in [3.63, 3.8) is 0 Å². The minimum atomic E-state index is -0.654. The Morgan fingerprint density at radius 2 is 1.88 bits per heavy atom. The second-order valence-electron chi connectivity index (χ2n) is 7.30. The zero-order chi connectivity index (χ0) is 22.8. The summed E-state index contributed by atoms with van der Waals surface area (Å²) in [6.45, 7) is 3.98. The van der Waals surface area contributed by atoms with Crippen molar-refractivity contribution in [3.05, 3.63) is 78.6 Å². The van der Waals surface area contributed by atoms with Crippen LogP contribution in [0.1, 0.15) is 30.4 Å². The van der Waals surface area contributed by atoms with E-state index in [4.69, 9.17) is 4.42 Å². The van der Waals surface area contributed by atoms with Gasteiger partial charge in [0.1, 0.15) is 17.2 Å². The fourth-order valence-corrected chi connectivity index (χ4v) is 3.39. The van der Waals surface area contributed by atoms with Crippen molar-refractivity contribution in [2.45, 2.75) is 19.9 Å². The van der Waals surface area contributed by atoms with E-state index in [1.54, 1.807) is 24.5 Å². The normalized spacial score (nSPS) is 11.2. The molecule has 1 N–H and O–H groups in total. The summed E-state index contributed by atoms with van der Waals surface area (Å²) >= 11 is 0. The van der Waals surface area contributed by atoms with Crippen LogP contribution in [-0.4, -0.2) is 27.5 Å². The van der Waals surface area contributed by atoms with Crippen LogP contribution in [0.4, 0.5) is 14.5 Å². The zero-order valence-corrected chi connectivity index (χ0v) is 17.7. The molecule has 0 saturated heterocycles. The maximum atomic E-state index is 14.2. The molecule has 4 rings (SSSR count). The van der Waals surface area contributed by atoms with Gasteiger partial charge < -0.3 is 8.98 Å². The van der Waals surface area contributed by atoms with E-state index in [0.717, 1.165) is 11.2 Å². The van der Waals surface area contributed by atoms with Gasteiger partial charge in [-0.1, -0.05) is 0 Å². The van der Waals surface area contributed by atoms with Gasteiger partial charge in [0, 0.05) is 24.8 Å². The van der Waals surface area contributed by atoms with Gasteiger partial charge in [-0.2, -0.15) is 0 Å². The van der Waals surface area contributed by atoms with Crippen molar-refractivity contribution in [1.82, 2.24) is 20.0 Å². The first kappa shape index (κ1) is 21.4. The molecule has 7 nitrogen and oxygen atoms in total. The number of hydrogen-bond acceptors (Lipinski definition) is 5. The Morgan fingerprint density at radius 1 is 1.12 bits per heavy atom. The molecule has 0 saturated carbocycles. The summed E-state index contributed by atoms with van der Waals surface area (Å²) in [5, 5.41) is 1.04. The number of pyridine rings is 1. The van der Waals surface area contributed by atoms with Crippen LogP contribution in [0.2, 0.25) is 0 Å². The quantitative estimate of drug-likeness (QED) is 0.437. The highest BCUT2D eigenvalue weighted by molar-refractivity contribution is 6.04. The summed E-state index contributed by atoms with van der Waals surface area (Å²) in [5.41, 5.74) is 4.65. The monoisotopic (exact) mass is 437 g/mol. The van der Waals surface area contributed by atoms with Crippen LogP contribution in [-0.2, 0) is 0 Å². The van der Waals surface area contributed by atoms with Crippen LogP contribution < -0.4 is 10.4 Å². The number of rotatable bonds is 6. The van der Waals surface area contributed by atoms with Gasteiger partial charge in [0.2, 0.25) is 0 Å². The lowest BCUT2D eigenvalue weighted by atomic mass is 10.1. The number of nitrogens with zero attached hydrogens (tertiary/aromatic N) is 4. The predicted octanol–water partition coefficient (Wildman–Crippen LogP) is 4.85. The first-order valence-electron chi connectivity index (χ1n) is 9.95. The highest BCUT2D eigenvalue weighted by Gasteiger charge is 2.25. The third-order valence-corrected chi connectivity index (χ3v) is 4.94. The molecule has 1 amide bonds. The second kappa shape index (κ2) is 8.72. The minimum absolute atomic E-state index is 0.00660. The highest BCUT2D eigenvalue weighted by atomic mass is 19.1. The van der Waals surface area contributed by atoms with E-state index in [-0.39, 0.29) is 23.3 Å². The Labute approximate surface area is 183 Å². The first-order valence-corrected chi connectivity index (χ1v) is 9.95. The largest absolute Gasteiger partial charge is 0.449 e. The molecule has 0 unspecified atom stereocenters. The molecule has 0 atom stereocenters. The number of imidazole rings is 1. The number of hydrazine groups is 1. The molecule has 9 heteroatoms. The lowest BCUT2D eigenvalue weighted by Crippen LogP contribution is -2.41. The average molecular weight is 437 g/mol. The van der Waals surface area contributed by atoms with Gasteiger partial charge >= 0.3 is 5.91 Å². The van der Waals surface area contributed by atoms with E-state index >= 15 is 0 Å².